The summed E-state index contributed by atoms with van der Waals surface area (Å²) < 4.78 is 15.6. The van der Waals surface area contributed by atoms with Crippen LogP contribution in [0.3, 0.4) is 0 Å². The SMILES string of the molecule is COCCOCC(O)CNCC1(OC)CCC1. The van der Waals surface area contributed by atoms with E-state index < -0.39 is 6.10 Å². The molecule has 102 valence electrons. The zero-order valence-electron chi connectivity index (χ0n) is 10.9. The summed E-state index contributed by atoms with van der Waals surface area (Å²) in [6.45, 7) is 2.77. The highest BCUT2D eigenvalue weighted by Gasteiger charge is 2.36. The third-order valence-electron chi connectivity index (χ3n) is 3.27. The standard InChI is InChI=1S/C12H25NO4/c1-15-6-7-17-9-11(14)8-13-10-12(16-2)4-3-5-12/h11,13-14H,3-10H2,1-2H3. The maximum atomic E-state index is 9.64. The lowest BCUT2D eigenvalue weighted by Crippen LogP contribution is -2.49. The Balaban J connectivity index is 1.98. The first kappa shape index (κ1) is 14.9. The van der Waals surface area contributed by atoms with Crippen LogP contribution in [-0.4, -0.2) is 63.9 Å². The fourth-order valence-electron chi connectivity index (χ4n) is 1.91. The van der Waals surface area contributed by atoms with Gasteiger partial charge in [0.15, 0.2) is 0 Å². The van der Waals surface area contributed by atoms with Crippen molar-refractivity contribution in [2.75, 3.05) is 47.1 Å². The molecular formula is C12H25NO4. The van der Waals surface area contributed by atoms with Crippen LogP contribution < -0.4 is 5.32 Å². The lowest BCUT2D eigenvalue weighted by Gasteiger charge is -2.40. The average molecular weight is 247 g/mol. The first-order valence-electron chi connectivity index (χ1n) is 6.23. The molecule has 1 fully saturated rings. The molecule has 0 amide bonds. The van der Waals surface area contributed by atoms with E-state index in [-0.39, 0.29) is 5.60 Å². The molecule has 5 heteroatoms. The maximum absolute atomic E-state index is 9.64. The van der Waals surface area contributed by atoms with Crippen LogP contribution in [0.5, 0.6) is 0 Å². The molecule has 1 rings (SSSR count). The molecule has 0 spiro atoms. The van der Waals surface area contributed by atoms with E-state index in [1.165, 1.54) is 6.42 Å². The van der Waals surface area contributed by atoms with Gasteiger partial charge in [-0.15, -0.1) is 0 Å². The van der Waals surface area contributed by atoms with Gasteiger partial charge in [-0.05, 0) is 19.3 Å². The number of ether oxygens (including phenoxy) is 3. The summed E-state index contributed by atoms with van der Waals surface area (Å²) in [5, 5.41) is 12.9. The molecule has 1 atom stereocenters. The van der Waals surface area contributed by atoms with Crippen molar-refractivity contribution in [3.8, 4) is 0 Å². The molecule has 1 aliphatic carbocycles. The van der Waals surface area contributed by atoms with Gasteiger partial charge in [0.1, 0.15) is 0 Å². The summed E-state index contributed by atoms with van der Waals surface area (Å²) in [5.41, 5.74) is 0.0105. The second kappa shape index (κ2) is 8.00. The Morgan fingerprint density at radius 3 is 2.59 bits per heavy atom. The number of rotatable bonds is 10. The van der Waals surface area contributed by atoms with E-state index in [1.807, 2.05) is 0 Å². The molecule has 1 aliphatic rings. The average Bonchev–Trinajstić information content (AvgIpc) is 2.28. The van der Waals surface area contributed by atoms with Crippen molar-refractivity contribution < 1.29 is 19.3 Å². The predicted molar refractivity (Wildman–Crippen MR) is 65.2 cm³/mol. The van der Waals surface area contributed by atoms with Crippen LogP contribution in [0.15, 0.2) is 0 Å². The Labute approximate surface area is 103 Å². The van der Waals surface area contributed by atoms with Gasteiger partial charge in [-0.3, -0.25) is 0 Å². The molecule has 1 unspecified atom stereocenters. The van der Waals surface area contributed by atoms with E-state index in [0.717, 1.165) is 19.4 Å². The zero-order chi connectivity index (χ0) is 12.6. The van der Waals surface area contributed by atoms with Gasteiger partial charge in [0.2, 0.25) is 0 Å². The molecule has 0 aromatic rings. The minimum Gasteiger partial charge on any atom is -0.389 e. The van der Waals surface area contributed by atoms with Gasteiger partial charge in [-0.25, -0.2) is 0 Å². The first-order chi connectivity index (χ1) is 8.22. The molecule has 5 nitrogen and oxygen atoms in total. The van der Waals surface area contributed by atoms with Gasteiger partial charge in [-0.1, -0.05) is 0 Å². The number of methoxy groups -OCH3 is 2. The summed E-state index contributed by atoms with van der Waals surface area (Å²) in [5.74, 6) is 0. The molecule has 17 heavy (non-hydrogen) atoms. The molecular weight excluding hydrogens is 222 g/mol. The molecule has 0 aromatic carbocycles. The second-order valence-corrected chi connectivity index (χ2v) is 4.59. The number of hydrogen-bond donors (Lipinski definition) is 2. The topological polar surface area (TPSA) is 60.0 Å². The maximum Gasteiger partial charge on any atom is 0.0897 e. The van der Waals surface area contributed by atoms with Crippen LogP contribution >= 0.6 is 0 Å². The third kappa shape index (κ3) is 5.31. The summed E-state index contributed by atoms with van der Waals surface area (Å²) in [6, 6.07) is 0. The van der Waals surface area contributed by atoms with Crippen molar-refractivity contribution >= 4 is 0 Å². The van der Waals surface area contributed by atoms with E-state index in [0.29, 0.717) is 26.4 Å². The molecule has 0 heterocycles. The first-order valence-corrected chi connectivity index (χ1v) is 6.23. The number of nitrogens with one attached hydrogen (secondary N) is 1. The van der Waals surface area contributed by atoms with Crippen LogP contribution in [-0.2, 0) is 14.2 Å². The predicted octanol–water partition coefficient (Wildman–Crippen LogP) is 0.169. The summed E-state index contributed by atoms with van der Waals surface area (Å²) >= 11 is 0. The summed E-state index contributed by atoms with van der Waals surface area (Å²) in [7, 11) is 3.38. The van der Waals surface area contributed by atoms with Crippen LogP contribution in [0.25, 0.3) is 0 Å². The van der Waals surface area contributed by atoms with E-state index in [9.17, 15) is 5.11 Å². The zero-order valence-corrected chi connectivity index (χ0v) is 10.9. The van der Waals surface area contributed by atoms with Crippen LogP contribution in [0.1, 0.15) is 19.3 Å². The third-order valence-corrected chi connectivity index (χ3v) is 3.27. The van der Waals surface area contributed by atoms with Crippen LogP contribution in [0, 0.1) is 0 Å². The molecule has 1 saturated carbocycles. The van der Waals surface area contributed by atoms with Gasteiger partial charge in [0.05, 0.1) is 31.5 Å². The van der Waals surface area contributed by atoms with Crippen molar-refractivity contribution in [1.29, 1.82) is 0 Å². The molecule has 0 bridgehead atoms. The molecule has 2 N–H and O–H groups in total. The summed E-state index contributed by atoms with van der Waals surface area (Å²) in [4.78, 5) is 0. The van der Waals surface area contributed by atoms with Gasteiger partial charge in [-0.2, -0.15) is 0 Å². The quantitative estimate of drug-likeness (QED) is 0.539. The normalized spacial score (nSPS) is 19.9. The van der Waals surface area contributed by atoms with E-state index in [1.54, 1.807) is 14.2 Å². The Bertz CT molecular complexity index is 191. The highest BCUT2D eigenvalue weighted by Crippen LogP contribution is 2.34. The molecule has 0 aromatic heterocycles. The number of hydrogen-bond acceptors (Lipinski definition) is 5. The molecule has 0 saturated heterocycles. The van der Waals surface area contributed by atoms with Gasteiger partial charge in [0.25, 0.3) is 0 Å². The van der Waals surface area contributed by atoms with Gasteiger partial charge >= 0.3 is 0 Å². The van der Waals surface area contributed by atoms with Crippen molar-refractivity contribution in [3.63, 3.8) is 0 Å². The van der Waals surface area contributed by atoms with Gasteiger partial charge in [0, 0.05) is 27.3 Å². The fraction of sp³-hybridized carbons (Fsp3) is 1.00. The van der Waals surface area contributed by atoms with Crippen LogP contribution in [0.4, 0.5) is 0 Å². The minimum absolute atomic E-state index is 0.0105. The Hall–Kier alpha value is -0.200. The Morgan fingerprint density at radius 2 is 2.06 bits per heavy atom. The molecule has 0 radical (unpaired) electrons. The van der Waals surface area contributed by atoms with E-state index >= 15 is 0 Å². The monoisotopic (exact) mass is 247 g/mol. The lowest BCUT2D eigenvalue weighted by atomic mass is 9.80. The Kier molecular flexibility index (Phi) is 6.99. The lowest BCUT2D eigenvalue weighted by molar-refractivity contribution is -0.0713. The van der Waals surface area contributed by atoms with Crippen molar-refractivity contribution in [2.24, 2.45) is 0 Å². The smallest absolute Gasteiger partial charge is 0.0897 e. The summed E-state index contributed by atoms with van der Waals surface area (Å²) in [6.07, 6.45) is 2.98. The van der Waals surface area contributed by atoms with Gasteiger partial charge < -0.3 is 24.6 Å². The highest BCUT2D eigenvalue weighted by atomic mass is 16.5. The van der Waals surface area contributed by atoms with Crippen molar-refractivity contribution in [3.05, 3.63) is 0 Å². The second-order valence-electron chi connectivity index (χ2n) is 4.59. The Morgan fingerprint density at radius 1 is 1.29 bits per heavy atom. The fourth-order valence-corrected chi connectivity index (χ4v) is 1.91. The van der Waals surface area contributed by atoms with Crippen LogP contribution in [0.2, 0.25) is 0 Å². The minimum atomic E-state index is -0.471. The number of aliphatic hydroxyl groups excluding tert-OH is 1. The molecule has 0 aliphatic heterocycles. The van der Waals surface area contributed by atoms with Crippen molar-refractivity contribution in [2.45, 2.75) is 31.0 Å². The largest absolute Gasteiger partial charge is 0.389 e. The number of aliphatic hydroxyl groups is 1. The van der Waals surface area contributed by atoms with E-state index in [2.05, 4.69) is 5.32 Å². The van der Waals surface area contributed by atoms with E-state index in [4.69, 9.17) is 14.2 Å². The van der Waals surface area contributed by atoms with Crippen molar-refractivity contribution in [1.82, 2.24) is 5.32 Å². The highest BCUT2D eigenvalue weighted by molar-refractivity contribution is 4.91.